The second kappa shape index (κ2) is 4.78. The van der Waals surface area contributed by atoms with E-state index in [4.69, 9.17) is 5.73 Å². The van der Waals surface area contributed by atoms with Gasteiger partial charge < -0.3 is 10.6 Å². The zero-order chi connectivity index (χ0) is 12.4. The Kier molecular flexibility index (Phi) is 3.36. The number of unbranched alkanes of at least 4 members (excludes halogenated alkanes) is 1. The quantitative estimate of drug-likeness (QED) is 0.814. The van der Waals surface area contributed by atoms with Gasteiger partial charge in [0.1, 0.15) is 0 Å². The maximum atomic E-state index is 12.2. The van der Waals surface area contributed by atoms with Gasteiger partial charge in [0.2, 0.25) is 5.91 Å². The zero-order valence-electron chi connectivity index (χ0n) is 10.6. The third kappa shape index (κ3) is 2.28. The third-order valence-corrected chi connectivity index (χ3v) is 3.33. The van der Waals surface area contributed by atoms with Gasteiger partial charge in [0, 0.05) is 23.8 Å². The molecule has 2 N–H and O–H groups in total. The number of nitrogen functional groups attached to an aromatic ring is 1. The van der Waals surface area contributed by atoms with Crippen molar-refractivity contribution in [3.8, 4) is 0 Å². The van der Waals surface area contributed by atoms with Gasteiger partial charge in [0.05, 0.1) is 0 Å². The number of amides is 1. The predicted octanol–water partition coefficient (Wildman–Crippen LogP) is 2.74. The summed E-state index contributed by atoms with van der Waals surface area (Å²) in [5.74, 6) is 0.239. The molecule has 0 saturated heterocycles. The first-order chi connectivity index (χ1) is 8.13. The summed E-state index contributed by atoms with van der Waals surface area (Å²) in [5.41, 5.74) is 8.80. The first-order valence-corrected chi connectivity index (χ1v) is 6.34. The van der Waals surface area contributed by atoms with Crippen LogP contribution >= 0.6 is 0 Å². The molecule has 1 aromatic carbocycles. The van der Waals surface area contributed by atoms with Gasteiger partial charge in [-0.25, -0.2) is 0 Å². The van der Waals surface area contributed by atoms with Crippen LogP contribution in [-0.2, 0) is 11.2 Å². The van der Waals surface area contributed by atoms with Gasteiger partial charge in [-0.2, -0.15) is 0 Å². The van der Waals surface area contributed by atoms with Crippen molar-refractivity contribution in [2.75, 3.05) is 10.6 Å². The second-order valence-electron chi connectivity index (χ2n) is 4.81. The number of carbonyl (C=O) groups is 1. The van der Waals surface area contributed by atoms with Gasteiger partial charge in [-0.1, -0.05) is 13.3 Å². The Bertz CT molecular complexity index is 428. The molecule has 1 atom stereocenters. The number of carbonyl (C=O) groups excluding carboxylic acids is 1. The lowest BCUT2D eigenvalue weighted by Crippen LogP contribution is -2.35. The lowest BCUT2D eigenvalue weighted by Gasteiger charge is -2.22. The van der Waals surface area contributed by atoms with Crippen molar-refractivity contribution in [2.24, 2.45) is 0 Å². The van der Waals surface area contributed by atoms with Crippen LogP contribution in [0, 0.1) is 0 Å². The van der Waals surface area contributed by atoms with Crippen molar-refractivity contribution in [2.45, 2.75) is 45.6 Å². The van der Waals surface area contributed by atoms with Gasteiger partial charge in [-0.3, -0.25) is 4.79 Å². The van der Waals surface area contributed by atoms with E-state index in [9.17, 15) is 4.79 Å². The first kappa shape index (κ1) is 12.0. The normalized spacial score (nSPS) is 18.2. The van der Waals surface area contributed by atoms with Crippen molar-refractivity contribution in [3.63, 3.8) is 0 Å². The van der Waals surface area contributed by atoms with Gasteiger partial charge in [-0.05, 0) is 43.5 Å². The summed E-state index contributed by atoms with van der Waals surface area (Å²) >= 11 is 0. The van der Waals surface area contributed by atoms with E-state index in [1.165, 1.54) is 5.56 Å². The number of benzene rings is 1. The van der Waals surface area contributed by atoms with Gasteiger partial charge in [-0.15, -0.1) is 0 Å². The fraction of sp³-hybridized carbons (Fsp3) is 0.500. The summed E-state index contributed by atoms with van der Waals surface area (Å²) < 4.78 is 0. The molecular formula is C14H20N2O. The molecule has 1 aromatic rings. The summed E-state index contributed by atoms with van der Waals surface area (Å²) in [6.45, 7) is 4.20. The molecule has 0 bridgehead atoms. The largest absolute Gasteiger partial charge is 0.399 e. The van der Waals surface area contributed by atoms with Crippen LogP contribution in [0.15, 0.2) is 18.2 Å². The molecule has 0 aliphatic carbocycles. The van der Waals surface area contributed by atoms with Crippen LogP contribution in [0.4, 0.5) is 11.4 Å². The number of nitrogens with two attached hydrogens (primary N) is 1. The first-order valence-electron chi connectivity index (χ1n) is 6.34. The summed E-state index contributed by atoms with van der Waals surface area (Å²) in [7, 11) is 0. The molecule has 0 saturated carbocycles. The van der Waals surface area contributed by atoms with E-state index in [1.807, 2.05) is 23.1 Å². The van der Waals surface area contributed by atoms with Gasteiger partial charge in [0.25, 0.3) is 0 Å². The topological polar surface area (TPSA) is 46.3 Å². The SMILES string of the molecule is CCCCC(=O)N1c2ccc(N)cc2CC1C. The van der Waals surface area contributed by atoms with Gasteiger partial charge >= 0.3 is 0 Å². The highest BCUT2D eigenvalue weighted by molar-refractivity contribution is 5.96. The number of rotatable bonds is 3. The molecule has 1 amide bonds. The van der Waals surface area contributed by atoms with Crippen LogP contribution in [0.3, 0.4) is 0 Å². The molecule has 3 heteroatoms. The second-order valence-corrected chi connectivity index (χ2v) is 4.81. The summed E-state index contributed by atoms with van der Waals surface area (Å²) in [4.78, 5) is 14.1. The minimum Gasteiger partial charge on any atom is -0.399 e. The molecule has 1 unspecified atom stereocenters. The van der Waals surface area contributed by atoms with Crippen molar-refractivity contribution in [3.05, 3.63) is 23.8 Å². The van der Waals surface area contributed by atoms with E-state index in [0.29, 0.717) is 6.42 Å². The van der Waals surface area contributed by atoms with E-state index in [-0.39, 0.29) is 11.9 Å². The summed E-state index contributed by atoms with van der Waals surface area (Å²) in [5, 5.41) is 0. The minimum absolute atomic E-state index is 0.239. The number of anilines is 2. The lowest BCUT2D eigenvalue weighted by atomic mass is 10.1. The smallest absolute Gasteiger partial charge is 0.227 e. The Morgan fingerprint density at radius 1 is 1.53 bits per heavy atom. The van der Waals surface area contributed by atoms with Crippen LogP contribution in [0.2, 0.25) is 0 Å². The van der Waals surface area contributed by atoms with Crippen molar-refractivity contribution < 1.29 is 4.79 Å². The number of fused-ring (bicyclic) bond motifs is 1. The molecular weight excluding hydrogens is 212 g/mol. The fourth-order valence-electron chi connectivity index (χ4n) is 2.48. The maximum absolute atomic E-state index is 12.2. The standard InChI is InChI=1S/C14H20N2O/c1-3-4-5-14(17)16-10(2)8-11-9-12(15)6-7-13(11)16/h6-7,9-10H,3-5,8,15H2,1-2H3. The van der Waals surface area contributed by atoms with Crippen LogP contribution in [0.5, 0.6) is 0 Å². The van der Waals surface area contributed by atoms with E-state index in [2.05, 4.69) is 13.8 Å². The molecule has 0 radical (unpaired) electrons. The molecule has 0 fully saturated rings. The van der Waals surface area contributed by atoms with E-state index < -0.39 is 0 Å². The highest BCUT2D eigenvalue weighted by Gasteiger charge is 2.30. The Labute approximate surface area is 103 Å². The van der Waals surface area contributed by atoms with Crippen LogP contribution in [0.1, 0.15) is 38.7 Å². The fourth-order valence-corrected chi connectivity index (χ4v) is 2.48. The molecule has 1 aliphatic heterocycles. The van der Waals surface area contributed by atoms with Crippen LogP contribution in [-0.4, -0.2) is 11.9 Å². The third-order valence-electron chi connectivity index (χ3n) is 3.33. The van der Waals surface area contributed by atoms with E-state index >= 15 is 0 Å². The number of hydrogen-bond donors (Lipinski definition) is 1. The maximum Gasteiger partial charge on any atom is 0.227 e. The Hall–Kier alpha value is -1.51. The molecule has 92 valence electrons. The minimum atomic E-state index is 0.239. The molecule has 2 rings (SSSR count). The van der Waals surface area contributed by atoms with E-state index in [1.54, 1.807) is 0 Å². The monoisotopic (exact) mass is 232 g/mol. The highest BCUT2D eigenvalue weighted by Crippen LogP contribution is 2.34. The molecule has 3 nitrogen and oxygen atoms in total. The van der Waals surface area contributed by atoms with Gasteiger partial charge in [0.15, 0.2) is 0 Å². The van der Waals surface area contributed by atoms with Crippen LogP contribution in [0.25, 0.3) is 0 Å². The Morgan fingerprint density at radius 2 is 2.29 bits per heavy atom. The van der Waals surface area contributed by atoms with Crippen molar-refractivity contribution in [1.29, 1.82) is 0 Å². The molecule has 0 aromatic heterocycles. The van der Waals surface area contributed by atoms with Crippen LogP contribution < -0.4 is 10.6 Å². The number of hydrogen-bond acceptors (Lipinski definition) is 2. The molecule has 0 spiro atoms. The predicted molar refractivity (Wildman–Crippen MR) is 71.0 cm³/mol. The Balaban J connectivity index is 2.22. The Morgan fingerprint density at radius 3 is 3.00 bits per heavy atom. The number of nitrogens with zero attached hydrogens (tertiary/aromatic N) is 1. The average molecular weight is 232 g/mol. The summed E-state index contributed by atoms with van der Waals surface area (Å²) in [6, 6.07) is 6.09. The van der Waals surface area contributed by atoms with Crippen molar-refractivity contribution >= 4 is 17.3 Å². The van der Waals surface area contributed by atoms with E-state index in [0.717, 1.165) is 30.6 Å². The molecule has 17 heavy (non-hydrogen) atoms. The molecule has 1 heterocycles. The lowest BCUT2D eigenvalue weighted by molar-refractivity contribution is -0.119. The molecule has 1 aliphatic rings. The zero-order valence-corrected chi connectivity index (χ0v) is 10.6. The summed E-state index contributed by atoms with van der Waals surface area (Å²) in [6.07, 6.45) is 3.58. The average Bonchev–Trinajstić information content (AvgIpc) is 2.61. The highest BCUT2D eigenvalue weighted by atomic mass is 16.2. The van der Waals surface area contributed by atoms with Crippen molar-refractivity contribution in [1.82, 2.24) is 0 Å².